The first-order valence-corrected chi connectivity index (χ1v) is 7.44. The van der Waals surface area contributed by atoms with Crippen LogP contribution in [0.4, 0.5) is 0 Å². The van der Waals surface area contributed by atoms with Gasteiger partial charge in [0.25, 0.3) is 0 Å². The summed E-state index contributed by atoms with van der Waals surface area (Å²) < 4.78 is 0. The van der Waals surface area contributed by atoms with Gasteiger partial charge in [-0.25, -0.2) is 0 Å². The number of carbonyl (C=O) groups excluding carboxylic acids is 3. The van der Waals surface area contributed by atoms with E-state index in [1.807, 2.05) is 6.07 Å². The van der Waals surface area contributed by atoms with E-state index in [4.69, 9.17) is 0 Å². The molecule has 0 bridgehead atoms. The van der Waals surface area contributed by atoms with Crippen molar-refractivity contribution >= 4 is 17.6 Å². The summed E-state index contributed by atoms with van der Waals surface area (Å²) in [5.74, 6) is -2.15. The van der Waals surface area contributed by atoms with E-state index in [2.05, 4.69) is 0 Å². The summed E-state index contributed by atoms with van der Waals surface area (Å²) in [5.41, 5.74) is -0.0619. The molecule has 1 aliphatic heterocycles. The minimum absolute atomic E-state index is 0.320. The molecule has 0 aromatic heterocycles. The Morgan fingerprint density at radius 2 is 1.48 bits per heavy atom. The first kappa shape index (κ1) is 15.2. The number of hydrogen-bond donors (Lipinski definition) is 0. The Bertz CT molecular complexity index is 770. The monoisotopic (exact) mass is 307 g/mol. The van der Waals surface area contributed by atoms with Crippen LogP contribution in [0.5, 0.6) is 0 Å². The third-order valence-corrected chi connectivity index (χ3v) is 4.60. The Kier molecular flexibility index (Phi) is 3.60. The Labute approximate surface area is 134 Å². The summed E-state index contributed by atoms with van der Waals surface area (Å²) in [7, 11) is 1.43. The molecule has 0 N–H and O–H groups in total. The van der Waals surface area contributed by atoms with Gasteiger partial charge in [-0.15, -0.1) is 0 Å². The van der Waals surface area contributed by atoms with Crippen molar-refractivity contribution in [2.75, 3.05) is 7.05 Å². The van der Waals surface area contributed by atoms with E-state index in [0.29, 0.717) is 11.1 Å². The van der Waals surface area contributed by atoms with Gasteiger partial charge in [0, 0.05) is 12.6 Å². The quantitative estimate of drug-likeness (QED) is 0.497. The molecule has 23 heavy (non-hydrogen) atoms. The lowest BCUT2D eigenvalue weighted by atomic mass is 9.70. The molecule has 2 atom stereocenters. The third-order valence-electron chi connectivity index (χ3n) is 4.60. The average Bonchev–Trinajstić information content (AvgIpc) is 2.77. The van der Waals surface area contributed by atoms with Crippen molar-refractivity contribution in [3.05, 3.63) is 71.8 Å². The smallest absolute Gasteiger partial charge is 0.241 e. The average molecular weight is 307 g/mol. The zero-order valence-electron chi connectivity index (χ0n) is 13.0. The fourth-order valence-corrected chi connectivity index (χ4v) is 3.23. The number of amides is 2. The normalized spacial score (nSPS) is 24.1. The molecule has 116 valence electrons. The number of hydrogen-bond acceptors (Lipinski definition) is 3. The van der Waals surface area contributed by atoms with Crippen molar-refractivity contribution in [2.45, 2.75) is 12.3 Å². The van der Waals surface area contributed by atoms with Gasteiger partial charge in [0.05, 0.1) is 5.41 Å². The van der Waals surface area contributed by atoms with Gasteiger partial charge in [-0.2, -0.15) is 0 Å². The second kappa shape index (κ2) is 5.47. The standard InChI is InChI=1S/C19H17NO3/c1-19(14-11-7-4-8-12-14)15(17(22)20(2)18(19)23)16(21)13-9-5-3-6-10-13/h3-12,15H,1-2H3. The third kappa shape index (κ3) is 2.18. The number of carbonyl (C=O) groups is 3. The number of nitrogens with zero attached hydrogens (tertiary/aromatic N) is 1. The van der Waals surface area contributed by atoms with Gasteiger partial charge >= 0.3 is 0 Å². The van der Waals surface area contributed by atoms with Crippen molar-refractivity contribution in [1.29, 1.82) is 0 Å². The number of likely N-dealkylation sites (N-methyl/N-ethyl adjacent to an activating group) is 1. The molecule has 0 saturated carbocycles. The van der Waals surface area contributed by atoms with Crippen LogP contribution >= 0.6 is 0 Å². The van der Waals surface area contributed by atoms with E-state index in [1.54, 1.807) is 61.5 Å². The van der Waals surface area contributed by atoms with Gasteiger partial charge in [-0.05, 0) is 12.5 Å². The molecule has 1 fully saturated rings. The molecular formula is C19H17NO3. The highest BCUT2D eigenvalue weighted by Crippen LogP contribution is 2.42. The fourth-order valence-electron chi connectivity index (χ4n) is 3.23. The number of rotatable bonds is 3. The Hall–Kier alpha value is -2.75. The largest absolute Gasteiger partial charge is 0.293 e. The molecule has 1 saturated heterocycles. The molecule has 2 amide bonds. The van der Waals surface area contributed by atoms with E-state index >= 15 is 0 Å². The maximum absolute atomic E-state index is 12.9. The maximum atomic E-state index is 12.9. The fraction of sp³-hybridized carbons (Fsp3) is 0.211. The van der Waals surface area contributed by atoms with Gasteiger partial charge in [0.15, 0.2) is 5.78 Å². The van der Waals surface area contributed by atoms with E-state index in [9.17, 15) is 14.4 Å². The minimum Gasteiger partial charge on any atom is -0.293 e. The minimum atomic E-state index is -1.18. The van der Waals surface area contributed by atoms with E-state index in [1.165, 1.54) is 7.05 Å². The predicted molar refractivity (Wildman–Crippen MR) is 85.8 cm³/mol. The van der Waals surface area contributed by atoms with Crippen molar-refractivity contribution in [1.82, 2.24) is 4.90 Å². The summed E-state index contributed by atoms with van der Waals surface area (Å²) in [5, 5.41) is 0. The van der Waals surface area contributed by atoms with E-state index in [0.717, 1.165) is 4.90 Å². The highest BCUT2D eigenvalue weighted by atomic mass is 16.2. The van der Waals surface area contributed by atoms with Gasteiger partial charge in [0.1, 0.15) is 5.92 Å². The molecule has 1 aliphatic rings. The number of ketones is 1. The molecule has 4 nitrogen and oxygen atoms in total. The molecular weight excluding hydrogens is 290 g/mol. The number of benzene rings is 2. The number of likely N-dealkylation sites (tertiary alicyclic amines) is 1. The first-order chi connectivity index (χ1) is 11.0. The second-order valence-electron chi connectivity index (χ2n) is 5.93. The molecule has 2 aromatic rings. The van der Waals surface area contributed by atoms with Crippen LogP contribution < -0.4 is 0 Å². The molecule has 2 unspecified atom stereocenters. The van der Waals surface area contributed by atoms with Crippen molar-refractivity contribution in [3.8, 4) is 0 Å². The maximum Gasteiger partial charge on any atom is 0.241 e. The summed E-state index contributed by atoms with van der Waals surface area (Å²) in [6.07, 6.45) is 0. The SMILES string of the molecule is CN1C(=O)C(C(=O)c2ccccc2)C(C)(c2ccccc2)C1=O. The zero-order chi connectivity index (χ0) is 16.6. The van der Waals surface area contributed by atoms with Crippen LogP contribution in [0.2, 0.25) is 0 Å². The predicted octanol–water partition coefficient (Wildman–Crippen LogP) is 2.44. The van der Waals surface area contributed by atoms with Crippen LogP contribution in [-0.2, 0) is 15.0 Å². The Morgan fingerprint density at radius 3 is 2.04 bits per heavy atom. The van der Waals surface area contributed by atoms with E-state index < -0.39 is 17.2 Å². The Morgan fingerprint density at radius 1 is 0.957 bits per heavy atom. The summed E-state index contributed by atoms with van der Waals surface area (Å²) in [6.45, 7) is 1.68. The molecule has 4 heteroatoms. The van der Waals surface area contributed by atoms with Gasteiger partial charge in [-0.1, -0.05) is 60.7 Å². The molecule has 0 spiro atoms. The number of imide groups is 1. The first-order valence-electron chi connectivity index (χ1n) is 7.44. The van der Waals surface area contributed by atoms with Crippen LogP contribution in [0, 0.1) is 5.92 Å². The van der Waals surface area contributed by atoms with E-state index in [-0.39, 0.29) is 11.7 Å². The molecule has 0 aliphatic carbocycles. The van der Waals surface area contributed by atoms with Crippen LogP contribution in [0.3, 0.4) is 0 Å². The molecule has 0 radical (unpaired) electrons. The molecule has 2 aromatic carbocycles. The molecule has 3 rings (SSSR count). The lowest BCUT2D eigenvalue weighted by molar-refractivity contribution is -0.138. The van der Waals surface area contributed by atoms with Crippen LogP contribution in [-0.4, -0.2) is 29.5 Å². The topological polar surface area (TPSA) is 54.5 Å². The number of Topliss-reactive ketones (excluding diaryl/α,β-unsaturated/α-hetero) is 1. The van der Waals surface area contributed by atoms with Crippen LogP contribution in [0.15, 0.2) is 60.7 Å². The highest BCUT2D eigenvalue weighted by Gasteiger charge is 2.59. The lowest BCUT2D eigenvalue weighted by Crippen LogP contribution is -2.40. The Balaban J connectivity index is 2.14. The summed E-state index contributed by atoms with van der Waals surface area (Å²) in [4.78, 5) is 39.3. The van der Waals surface area contributed by atoms with Crippen LogP contribution in [0.25, 0.3) is 0 Å². The molecule has 1 heterocycles. The summed E-state index contributed by atoms with van der Waals surface area (Å²) >= 11 is 0. The summed E-state index contributed by atoms with van der Waals surface area (Å²) in [6, 6.07) is 17.7. The van der Waals surface area contributed by atoms with Crippen molar-refractivity contribution in [3.63, 3.8) is 0 Å². The van der Waals surface area contributed by atoms with Crippen LogP contribution in [0.1, 0.15) is 22.8 Å². The van der Waals surface area contributed by atoms with Gasteiger partial charge in [-0.3, -0.25) is 19.3 Å². The van der Waals surface area contributed by atoms with Crippen molar-refractivity contribution < 1.29 is 14.4 Å². The van der Waals surface area contributed by atoms with Crippen molar-refractivity contribution in [2.24, 2.45) is 5.92 Å². The van der Waals surface area contributed by atoms with Gasteiger partial charge < -0.3 is 0 Å². The lowest BCUT2D eigenvalue weighted by Gasteiger charge is -2.26. The highest BCUT2D eigenvalue weighted by molar-refractivity contribution is 6.22. The second-order valence-corrected chi connectivity index (χ2v) is 5.93. The zero-order valence-corrected chi connectivity index (χ0v) is 13.0. The van der Waals surface area contributed by atoms with Gasteiger partial charge in [0.2, 0.25) is 11.8 Å².